The van der Waals surface area contributed by atoms with Crippen LogP contribution in [0.2, 0.25) is 0 Å². The van der Waals surface area contributed by atoms with E-state index in [1.807, 2.05) is 31.2 Å². The first-order valence-electron chi connectivity index (χ1n) is 9.77. The van der Waals surface area contributed by atoms with Gasteiger partial charge in [-0.3, -0.25) is 0 Å². The summed E-state index contributed by atoms with van der Waals surface area (Å²) in [6.07, 6.45) is -0.379. The summed E-state index contributed by atoms with van der Waals surface area (Å²) < 4.78 is 20.6. The number of fused-ring (bicyclic) bond motifs is 1. The van der Waals surface area contributed by atoms with Crippen molar-refractivity contribution < 1.29 is 19.3 Å². The van der Waals surface area contributed by atoms with Gasteiger partial charge in [-0.2, -0.15) is 0 Å². The molecule has 1 aromatic rings. The Kier molecular flexibility index (Phi) is 5.44. The van der Waals surface area contributed by atoms with Crippen molar-refractivity contribution in [2.24, 2.45) is 0 Å². The molecule has 0 radical (unpaired) electrons. The molecule has 4 atom stereocenters. The second-order valence-electron chi connectivity index (χ2n) is 7.67. The van der Waals surface area contributed by atoms with E-state index in [-0.39, 0.29) is 30.5 Å². The van der Waals surface area contributed by atoms with Gasteiger partial charge in [-0.15, -0.1) is 0 Å². The second-order valence-corrected chi connectivity index (χ2v) is 7.67. The Morgan fingerprint density at radius 3 is 2.43 bits per heavy atom. The van der Waals surface area contributed by atoms with Crippen LogP contribution in [0.25, 0.3) is 11.1 Å². The minimum absolute atomic E-state index is 0.111. The van der Waals surface area contributed by atoms with E-state index in [0.717, 1.165) is 22.3 Å². The number of hydrogen-bond acceptors (Lipinski definition) is 3. The lowest BCUT2D eigenvalue weighted by molar-refractivity contribution is -0.113. The van der Waals surface area contributed by atoms with Gasteiger partial charge < -0.3 is 14.9 Å². The molecule has 0 aromatic heterocycles. The van der Waals surface area contributed by atoms with Gasteiger partial charge in [0.25, 0.3) is 0 Å². The molecule has 4 rings (SSSR count). The van der Waals surface area contributed by atoms with Gasteiger partial charge in [-0.05, 0) is 39.9 Å². The Bertz CT molecular complexity index is 895. The molecule has 0 amide bonds. The minimum atomic E-state index is -0.525. The van der Waals surface area contributed by atoms with Crippen molar-refractivity contribution in [2.45, 2.75) is 44.0 Å². The van der Waals surface area contributed by atoms with Crippen molar-refractivity contribution in [3.05, 3.63) is 83.2 Å². The van der Waals surface area contributed by atoms with Gasteiger partial charge in [0.1, 0.15) is 5.82 Å². The molecule has 2 aliphatic carbocycles. The van der Waals surface area contributed by atoms with E-state index >= 15 is 0 Å². The summed E-state index contributed by atoms with van der Waals surface area (Å²) in [6.45, 7) is 1.87. The Labute approximate surface area is 164 Å². The van der Waals surface area contributed by atoms with Crippen LogP contribution in [0.3, 0.4) is 0 Å². The van der Waals surface area contributed by atoms with E-state index in [2.05, 4.69) is 24.3 Å². The van der Waals surface area contributed by atoms with Crippen molar-refractivity contribution in [3.63, 3.8) is 0 Å². The van der Waals surface area contributed by atoms with Crippen molar-refractivity contribution >= 4 is 0 Å². The standard InChI is InChI=1S/C24H25FO3/c1-15(19-9-16-5-3-2-4-6-17(16)10-19)22-11-18(7-8-23(22)25)24-13-20(27)12-21(14-26)28-24/h2-11,15,20-21,24,26-27H,12-14H2,1H3. The lowest BCUT2D eigenvalue weighted by atomic mass is 9.90. The lowest BCUT2D eigenvalue weighted by Gasteiger charge is -2.33. The molecule has 0 spiro atoms. The quantitative estimate of drug-likeness (QED) is 0.692. The molecule has 3 aliphatic rings. The molecule has 0 saturated carbocycles. The Morgan fingerprint density at radius 2 is 1.75 bits per heavy atom. The second kappa shape index (κ2) is 8.00. The SMILES string of the molecule is CC(c1cc2cccccc-2c1)c1cc(C2CC(O)CC(CO)O2)ccc1F. The van der Waals surface area contributed by atoms with Crippen LogP contribution in [0, 0.1) is 5.82 Å². The molecule has 1 saturated heterocycles. The molecule has 1 aliphatic heterocycles. The molecule has 1 heterocycles. The van der Waals surface area contributed by atoms with Crippen LogP contribution >= 0.6 is 0 Å². The first-order valence-corrected chi connectivity index (χ1v) is 9.77. The van der Waals surface area contributed by atoms with Crippen LogP contribution < -0.4 is 0 Å². The van der Waals surface area contributed by atoms with E-state index in [9.17, 15) is 14.6 Å². The maximum Gasteiger partial charge on any atom is 0.127 e. The van der Waals surface area contributed by atoms with E-state index in [1.54, 1.807) is 6.07 Å². The fourth-order valence-electron chi connectivity index (χ4n) is 4.09. The van der Waals surface area contributed by atoms with Crippen LogP contribution in [-0.2, 0) is 4.74 Å². The van der Waals surface area contributed by atoms with E-state index < -0.39 is 6.10 Å². The third kappa shape index (κ3) is 3.81. The fraction of sp³-hybridized carbons (Fsp3) is 0.333. The van der Waals surface area contributed by atoms with Gasteiger partial charge in [-0.1, -0.05) is 55.5 Å². The summed E-state index contributed by atoms with van der Waals surface area (Å²) in [5.41, 5.74) is 4.78. The third-order valence-corrected chi connectivity index (χ3v) is 5.69. The zero-order valence-corrected chi connectivity index (χ0v) is 15.9. The minimum Gasteiger partial charge on any atom is -0.394 e. The summed E-state index contributed by atoms with van der Waals surface area (Å²) in [5, 5.41) is 19.5. The number of rotatable bonds is 4. The van der Waals surface area contributed by atoms with Crippen molar-refractivity contribution in [2.75, 3.05) is 6.61 Å². The van der Waals surface area contributed by atoms with Crippen LogP contribution in [0.5, 0.6) is 0 Å². The predicted octanol–water partition coefficient (Wildman–Crippen LogP) is 4.66. The molecule has 3 nitrogen and oxygen atoms in total. The zero-order valence-electron chi connectivity index (χ0n) is 15.9. The van der Waals surface area contributed by atoms with E-state index in [0.29, 0.717) is 18.4 Å². The summed E-state index contributed by atoms with van der Waals surface area (Å²) in [4.78, 5) is 0. The summed E-state index contributed by atoms with van der Waals surface area (Å²) in [5.74, 6) is -0.359. The number of ether oxygens (including phenoxy) is 1. The molecular weight excluding hydrogens is 355 g/mol. The molecule has 28 heavy (non-hydrogen) atoms. The highest BCUT2D eigenvalue weighted by Gasteiger charge is 2.30. The van der Waals surface area contributed by atoms with Gasteiger partial charge in [0.05, 0.1) is 24.9 Å². The normalized spacial score (nSPS) is 23.6. The van der Waals surface area contributed by atoms with Crippen LogP contribution in [-0.4, -0.2) is 29.0 Å². The van der Waals surface area contributed by atoms with E-state index in [1.165, 1.54) is 6.07 Å². The van der Waals surface area contributed by atoms with Crippen molar-refractivity contribution in [1.29, 1.82) is 0 Å². The average Bonchev–Trinajstić information content (AvgIpc) is 2.97. The predicted molar refractivity (Wildman–Crippen MR) is 107 cm³/mol. The molecule has 1 aromatic carbocycles. The zero-order chi connectivity index (χ0) is 19.7. The average molecular weight is 380 g/mol. The van der Waals surface area contributed by atoms with Crippen LogP contribution in [0.15, 0.2) is 60.7 Å². The highest BCUT2D eigenvalue weighted by Crippen LogP contribution is 2.37. The van der Waals surface area contributed by atoms with Crippen LogP contribution in [0.1, 0.15) is 48.5 Å². The Hall–Kier alpha value is -2.27. The first kappa shape index (κ1) is 19.1. The van der Waals surface area contributed by atoms with Crippen molar-refractivity contribution in [3.8, 4) is 11.1 Å². The Morgan fingerprint density at radius 1 is 1.04 bits per heavy atom. The monoisotopic (exact) mass is 380 g/mol. The van der Waals surface area contributed by atoms with Gasteiger partial charge in [0, 0.05) is 18.8 Å². The molecule has 4 unspecified atom stereocenters. The number of aliphatic hydroxyl groups excluding tert-OH is 2. The molecule has 0 bridgehead atoms. The topological polar surface area (TPSA) is 49.7 Å². The fourth-order valence-corrected chi connectivity index (χ4v) is 4.09. The van der Waals surface area contributed by atoms with Gasteiger partial charge in [-0.25, -0.2) is 4.39 Å². The first-order chi connectivity index (χ1) is 13.5. The highest BCUT2D eigenvalue weighted by atomic mass is 19.1. The van der Waals surface area contributed by atoms with Gasteiger partial charge in [0.15, 0.2) is 0 Å². The lowest BCUT2D eigenvalue weighted by Crippen LogP contribution is -2.33. The molecular formula is C24H25FO3. The largest absolute Gasteiger partial charge is 0.394 e. The summed E-state index contributed by atoms with van der Waals surface area (Å²) in [6, 6.07) is 19.4. The highest BCUT2D eigenvalue weighted by molar-refractivity contribution is 5.69. The molecule has 1 fully saturated rings. The number of benzene rings is 1. The van der Waals surface area contributed by atoms with Gasteiger partial charge >= 0.3 is 0 Å². The van der Waals surface area contributed by atoms with Gasteiger partial charge in [0.2, 0.25) is 0 Å². The maximum atomic E-state index is 14.7. The smallest absolute Gasteiger partial charge is 0.127 e. The number of aliphatic hydroxyl groups is 2. The van der Waals surface area contributed by atoms with Crippen LogP contribution in [0.4, 0.5) is 4.39 Å². The van der Waals surface area contributed by atoms with E-state index in [4.69, 9.17) is 4.74 Å². The summed E-state index contributed by atoms with van der Waals surface area (Å²) >= 11 is 0. The number of halogens is 1. The molecule has 4 heteroatoms. The maximum absolute atomic E-state index is 14.7. The Balaban J connectivity index is 1.66. The van der Waals surface area contributed by atoms with Crippen molar-refractivity contribution in [1.82, 2.24) is 0 Å². The third-order valence-electron chi connectivity index (χ3n) is 5.69. The summed E-state index contributed by atoms with van der Waals surface area (Å²) in [7, 11) is 0. The number of hydrogen-bond donors (Lipinski definition) is 2. The molecule has 146 valence electrons. The molecule has 2 N–H and O–H groups in total.